The Morgan fingerprint density at radius 3 is 2.08 bits per heavy atom. The molecule has 2 aromatic heterocycles. The minimum absolute atomic E-state index is 0.241. The van der Waals surface area contributed by atoms with Crippen LogP contribution in [0.2, 0.25) is 0 Å². The van der Waals surface area contributed by atoms with Gasteiger partial charge in [0.15, 0.2) is 0 Å². The van der Waals surface area contributed by atoms with E-state index >= 15 is 0 Å². The first-order valence-electron chi connectivity index (χ1n) is 12.6. The number of rotatable bonds is 6. The molecule has 3 heterocycles. The van der Waals surface area contributed by atoms with Gasteiger partial charge in [0.05, 0.1) is 13.7 Å². The number of amides is 1. The topological polar surface area (TPSA) is 98.1 Å². The van der Waals surface area contributed by atoms with Crippen molar-refractivity contribution in [3.63, 3.8) is 0 Å². The number of methoxy groups -OCH3 is 1. The van der Waals surface area contributed by atoms with Crippen LogP contribution >= 0.6 is 0 Å². The van der Waals surface area contributed by atoms with Gasteiger partial charge in [0.1, 0.15) is 22.3 Å². The Balaban J connectivity index is 0.000000284. The lowest BCUT2D eigenvalue weighted by Crippen LogP contribution is -2.71. The molecule has 1 aliphatic heterocycles. The van der Waals surface area contributed by atoms with E-state index in [1.807, 2.05) is 18.2 Å². The molecule has 0 unspecified atom stereocenters. The minimum Gasteiger partial charge on any atom is -0.496 e. The van der Waals surface area contributed by atoms with Crippen molar-refractivity contribution in [1.82, 2.24) is 10.2 Å². The average Bonchev–Trinajstić information content (AvgIpc) is 2.84. The van der Waals surface area contributed by atoms with Gasteiger partial charge in [-0.2, -0.15) is 0 Å². The van der Waals surface area contributed by atoms with Gasteiger partial charge in [0.25, 0.3) is 5.91 Å². The summed E-state index contributed by atoms with van der Waals surface area (Å²) in [7, 11) is 1.53. The molecule has 37 heavy (non-hydrogen) atoms. The predicted octanol–water partition coefficient (Wildman–Crippen LogP) is 4.63. The average molecular weight is 511 g/mol. The number of nitrogens with zero attached hydrogens (tertiary/aromatic N) is 1. The van der Waals surface area contributed by atoms with Gasteiger partial charge >= 0.3 is 11.6 Å². The van der Waals surface area contributed by atoms with Gasteiger partial charge in [-0.25, -0.2) is 9.59 Å². The zero-order valence-electron chi connectivity index (χ0n) is 22.8. The van der Waals surface area contributed by atoms with Crippen LogP contribution in [0.4, 0.5) is 0 Å². The van der Waals surface area contributed by atoms with Gasteiger partial charge in [-0.1, -0.05) is 25.1 Å². The summed E-state index contributed by atoms with van der Waals surface area (Å²) in [4.78, 5) is 39.2. The number of piperidine rings is 1. The Kier molecular flexibility index (Phi) is 8.32. The first-order valence-corrected chi connectivity index (χ1v) is 12.6. The predicted molar refractivity (Wildman–Crippen MR) is 143 cm³/mol. The number of nitrogens with one attached hydrogen (secondary N) is 1. The van der Waals surface area contributed by atoms with E-state index in [1.54, 1.807) is 37.3 Å². The molecule has 1 N–H and O–H groups in total. The molecule has 0 saturated carbocycles. The number of carbonyl (C=O) groups excluding carboxylic acids is 2. The fraction of sp³-hybridized carbons (Fsp3) is 0.483. The Hall–Kier alpha value is -3.39. The smallest absolute Gasteiger partial charge is 0.347 e. The number of fused-ring (bicyclic) bond motifs is 3. The van der Waals surface area contributed by atoms with Gasteiger partial charge in [-0.15, -0.1) is 0 Å². The van der Waals surface area contributed by atoms with Crippen LogP contribution in [-0.4, -0.2) is 53.7 Å². The van der Waals surface area contributed by atoms with Crippen LogP contribution in [0.1, 0.15) is 64.7 Å². The van der Waals surface area contributed by atoms with Crippen LogP contribution in [0.25, 0.3) is 11.0 Å². The summed E-state index contributed by atoms with van der Waals surface area (Å²) < 4.78 is 15.2. The first kappa shape index (κ1) is 28.2. The Labute approximate surface area is 218 Å². The van der Waals surface area contributed by atoms with E-state index in [0.29, 0.717) is 41.7 Å². The molecule has 1 saturated heterocycles. The van der Waals surface area contributed by atoms with Crippen molar-refractivity contribution in [3.05, 3.63) is 64.5 Å². The number of esters is 1. The molecule has 1 fully saturated rings. The van der Waals surface area contributed by atoms with Crippen molar-refractivity contribution < 1.29 is 23.5 Å². The highest BCUT2D eigenvalue weighted by molar-refractivity contribution is 5.98. The fourth-order valence-corrected chi connectivity index (χ4v) is 5.90. The monoisotopic (exact) mass is 510 g/mol. The maximum absolute atomic E-state index is 13.0. The van der Waals surface area contributed by atoms with Gasteiger partial charge in [-0.05, 0) is 78.3 Å². The number of hydrogen-bond donors (Lipinski definition) is 1. The molecule has 200 valence electrons. The van der Waals surface area contributed by atoms with Crippen LogP contribution in [0.3, 0.4) is 0 Å². The standard InChI is InChI=1S/C21H32N2O3.C8H6O3/c1-7-23-19(3,4)14-21(15-20(23,5)6,18(25)26-8-2)22-17(24)16-12-10-9-11-13-16;1-10-7-4-5-2-3-6(7)8(9)11-5/h9-13H,7-8,14-15H2,1-6H3,(H,22,24);2-4H,1H3. The molecule has 4 aromatic rings. The molecule has 0 atom stereocenters. The number of likely N-dealkylation sites (tertiary alicyclic amines) is 1. The molecule has 0 spiro atoms. The Morgan fingerprint density at radius 1 is 1.00 bits per heavy atom. The molecule has 1 aliphatic rings. The first-order chi connectivity index (χ1) is 17.4. The summed E-state index contributed by atoms with van der Waals surface area (Å²) in [5.74, 6) is -0.00450. The van der Waals surface area contributed by atoms with Crippen molar-refractivity contribution in [2.24, 2.45) is 0 Å². The van der Waals surface area contributed by atoms with Gasteiger partial charge in [0.2, 0.25) is 0 Å². The molecular formula is C29H38N2O6. The number of carbonyl (C=O) groups is 2. The van der Waals surface area contributed by atoms with E-state index in [-0.39, 0.29) is 28.6 Å². The van der Waals surface area contributed by atoms with Gasteiger partial charge in [0, 0.05) is 22.7 Å². The molecule has 8 nitrogen and oxygen atoms in total. The van der Waals surface area contributed by atoms with Crippen LogP contribution in [0, 0.1) is 0 Å². The third-order valence-electron chi connectivity index (χ3n) is 6.90. The lowest BCUT2D eigenvalue weighted by molar-refractivity contribution is -0.161. The lowest BCUT2D eigenvalue weighted by Gasteiger charge is -2.58. The molecule has 0 aliphatic carbocycles. The second-order valence-electron chi connectivity index (χ2n) is 10.6. The molecule has 8 heteroatoms. The summed E-state index contributed by atoms with van der Waals surface area (Å²) in [6, 6.07) is 14.1. The number of benzene rings is 2. The van der Waals surface area contributed by atoms with E-state index in [4.69, 9.17) is 13.9 Å². The van der Waals surface area contributed by atoms with Gasteiger partial charge < -0.3 is 19.2 Å². The normalized spacial score (nSPS) is 17.9. The highest BCUT2D eigenvalue weighted by Crippen LogP contribution is 2.44. The number of ether oxygens (including phenoxy) is 2. The van der Waals surface area contributed by atoms with E-state index in [0.717, 1.165) is 6.54 Å². The number of hydrogen-bond acceptors (Lipinski definition) is 7. The third-order valence-corrected chi connectivity index (χ3v) is 6.90. The van der Waals surface area contributed by atoms with Crippen molar-refractivity contribution in [2.75, 3.05) is 20.3 Å². The van der Waals surface area contributed by atoms with E-state index < -0.39 is 5.54 Å². The fourth-order valence-electron chi connectivity index (χ4n) is 5.90. The molecular weight excluding hydrogens is 472 g/mol. The molecule has 5 rings (SSSR count). The summed E-state index contributed by atoms with van der Waals surface area (Å²) in [5.41, 5.74) is -0.796. The second kappa shape index (κ2) is 10.9. The zero-order valence-corrected chi connectivity index (χ0v) is 22.8. The molecule has 1 amide bonds. The zero-order chi connectivity index (χ0) is 27.4. The quantitative estimate of drug-likeness (QED) is 0.483. The highest BCUT2D eigenvalue weighted by Gasteiger charge is 2.56. The van der Waals surface area contributed by atoms with Crippen molar-refractivity contribution in [3.8, 4) is 5.75 Å². The second-order valence-corrected chi connectivity index (χ2v) is 10.6. The van der Waals surface area contributed by atoms with Crippen LogP contribution in [-0.2, 0) is 9.53 Å². The van der Waals surface area contributed by atoms with E-state index in [1.165, 1.54) is 7.11 Å². The van der Waals surface area contributed by atoms with E-state index in [9.17, 15) is 14.4 Å². The Morgan fingerprint density at radius 2 is 1.62 bits per heavy atom. The SMILES string of the molecule is CCOC(=O)C1(NC(=O)c2ccccc2)CC(C)(C)N(CC)C(C)(C)C1.COc1cc2ccc1c(=O)o2. The Bertz CT molecular complexity index is 1250. The summed E-state index contributed by atoms with van der Waals surface area (Å²) in [5, 5.41) is 3.54. The summed E-state index contributed by atoms with van der Waals surface area (Å²) in [6.07, 6.45) is 1.02. The maximum Gasteiger partial charge on any atom is 0.347 e. The third kappa shape index (κ3) is 5.96. The maximum atomic E-state index is 13.0. The summed E-state index contributed by atoms with van der Waals surface area (Å²) >= 11 is 0. The van der Waals surface area contributed by atoms with Crippen LogP contribution in [0.5, 0.6) is 5.75 Å². The van der Waals surface area contributed by atoms with Gasteiger partial charge in [-0.3, -0.25) is 9.69 Å². The van der Waals surface area contributed by atoms with Crippen molar-refractivity contribution in [2.45, 2.75) is 71.0 Å². The highest BCUT2D eigenvalue weighted by atomic mass is 16.5. The van der Waals surface area contributed by atoms with Crippen molar-refractivity contribution >= 4 is 22.8 Å². The molecule has 0 radical (unpaired) electrons. The molecule has 2 bridgehead atoms. The largest absolute Gasteiger partial charge is 0.496 e. The lowest BCUT2D eigenvalue weighted by atomic mass is 9.68. The molecule has 2 aromatic carbocycles. The minimum atomic E-state index is -1.04. The van der Waals surface area contributed by atoms with Crippen LogP contribution in [0.15, 0.2) is 57.7 Å². The van der Waals surface area contributed by atoms with Crippen molar-refractivity contribution in [1.29, 1.82) is 0 Å². The summed E-state index contributed by atoms with van der Waals surface area (Å²) in [6.45, 7) is 13.6. The van der Waals surface area contributed by atoms with E-state index in [2.05, 4.69) is 44.8 Å². The van der Waals surface area contributed by atoms with Crippen LogP contribution < -0.4 is 15.7 Å².